The number of nitrogens with zero attached hydrogens (tertiary/aromatic N) is 3. The zero-order chi connectivity index (χ0) is 21.6. The molecule has 4 rings (SSSR count). The van der Waals surface area contributed by atoms with Crippen molar-refractivity contribution >= 4 is 44.2 Å². The quantitative estimate of drug-likeness (QED) is 0.467. The molecule has 2 aromatic carbocycles. The van der Waals surface area contributed by atoms with Crippen molar-refractivity contribution < 1.29 is 9.59 Å². The van der Waals surface area contributed by atoms with Crippen LogP contribution in [0.3, 0.4) is 0 Å². The van der Waals surface area contributed by atoms with E-state index >= 15 is 0 Å². The van der Waals surface area contributed by atoms with E-state index in [2.05, 4.69) is 31.4 Å². The number of nitrogens with one attached hydrogen (secondary N) is 1. The van der Waals surface area contributed by atoms with Gasteiger partial charge in [0.1, 0.15) is 5.01 Å². The predicted molar refractivity (Wildman–Crippen MR) is 125 cm³/mol. The summed E-state index contributed by atoms with van der Waals surface area (Å²) in [5.41, 5.74) is 2.01. The molecule has 0 aliphatic heterocycles. The van der Waals surface area contributed by atoms with Crippen molar-refractivity contribution in [2.75, 3.05) is 11.9 Å². The maximum absolute atomic E-state index is 12.9. The first kappa shape index (κ1) is 21.6. The number of carbonyl (C=O) groups is 2. The second kappa shape index (κ2) is 10.2. The van der Waals surface area contributed by atoms with Crippen LogP contribution in [0.5, 0.6) is 0 Å². The van der Waals surface area contributed by atoms with Gasteiger partial charge in [0, 0.05) is 35.5 Å². The van der Waals surface area contributed by atoms with Gasteiger partial charge in [-0.2, -0.15) is 0 Å². The average molecular weight is 499 g/mol. The number of benzene rings is 2. The van der Waals surface area contributed by atoms with Crippen molar-refractivity contribution in [2.45, 2.75) is 32.2 Å². The fourth-order valence-corrected chi connectivity index (χ4v) is 4.57. The molecule has 3 aromatic rings. The van der Waals surface area contributed by atoms with Gasteiger partial charge in [0.25, 0.3) is 0 Å². The lowest BCUT2D eigenvalue weighted by atomic mass is 9.84. The van der Waals surface area contributed by atoms with E-state index in [-0.39, 0.29) is 24.2 Å². The molecule has 1 aliphatic carbocycles. The number of hydrogen-bond donors (Lipinski definition) is 1. The molecule has 1 aliphatic rings. The van der Waals surface area contributed by atoms with Gasteiger partial charge in [0.05, 0.1) is 0 Å². The van der Waals surface area contributed by atoms with Gasteiger partial charge in [-0.1, -0.05) is 76.2 Å². The summed E-state index contributed by atoms with van der Waals surface area (Å²) in [4.78, 5) is 27.2. The van der Waals surface area contributed by atoms with Crippen molar-refractivity contribution in [1.82, 2.24) is 15.1 Å². The Balaban J connectivity index is 1.36. The zero-order valence-electron chi connectivity index (χ0n) is 17.0. The summed E-state index contributed by atoms with van der Waals surface area (Å²) >= 11 is 4.78. The maximum Gasteiger partial charge on any atom is 0.227 e. The van der Waals surface area contributed by atoms with Gasteiger partial charge in [0.15, 0.2) is 0 Å². The summed E-state index contributed by atoms with van der Waals surface area (Å²) in [6, 6.07) is 17.7. The van der Waals surface area contributed by atoms with Gasteiger partial charge in [-0.15, -0.1) is 10.2 Å². The van der Waals surface area contributed by atoms with Crippen molar-refractivity contribution in [3.8, 4) is 10.6 Å². The highest BCUT2D eigenvalue weighted by Crippen LogP contribution is 2.30. The van der Waals surface area contributed by atoms with Gasteiger partial charge in [-0.3, -0.25) is 9.59 Å². The van der Waals surface area contributed by atoms with Gasteiger partial charge >= 0.3 is 0 Å². The molecular weight excluding hydrogens is 476 g/mol. The highest BCUT2D eigenvalue weighted by Gasteiger charge is 2.29. The van der Waals surface area contributed by atoms with Crippen molar-refractivity contribution in [1.29, 1.82) is 0 Å². The molecule has 1 aromatic heterocycles. The fraction of sp³-hybridized carbons (Fsp3) is 0.304. The number of aromatic nitrogens is 2. The Bertz CT molecular complexity index is 1050. The SMILES string of the molecule is O=C(CCN(Cc1ccccc1)C(=O)C1CCC1)Nc1nnc(-c2cccc(Br)c2)s1. The van der Waals surface area contributed by atoms with Crippen LogP contribution < -0.4 is 5.32 Å². The molecule has 160 valence electrons. The Morgan fingerprint density at radius 1 is 1.10 bits per heavy atom. The molecule has 1 fully saturated rings. The second-order valence-corrected chi connectivity index (χ2v) is 9.49. The number of rotatable bonds is 8. The Morgan fingerprint density at radius 3 is 2.61 bits per heavy atom. The van der Waals surface area contributed by atoms with E-state index in [9.17, 15) is 9.59 Å². The van der Waals surface area contributed by atoms with Crippen molar-refractivity contribution in [3.63, 3.8) is 0 Å². The monoisotopic (exact) mass is 498 g/mol. The minimum absolute atomic E-state index is 0.0997. The highest BCUT2D eigenvalue weighted by molar-refractivity contribution is 9.10. The van der Waals surface area contributed by atoms with Crippen LogP contribution in [0.15, 0.2) is 59.1 Å². The number of anilines is 1. The largest absolute Gasteiger partial charge is 0.338 e. The molecule has 0 atom stereocenters. The predicted octanol–water partition coefficient (Wildman–Crippen LogP) is 5.13. The first-order valence-electron chi connectivity index (χ1n) is 10.3. The Morgan fingerprint density at radius 2 is 1.90 bits per heavy atom. The molecule has 0 spiro atoms. The van der Waals surface area contributed by atoms with E-state index in [1.54, 1.807) is 0 Å². The van der Waals surface area contributed by atoms with Gasteiger partial charge in [0.2, 0.25) is 16.9 Å². The lowest BCUT2D eigenvalue weighted by Gasteiger charge is -2.31. The van der Waals surface area contributed by atoms with Crippen LogP contribution in [0.1, 0.15) is 31.2 Å². The maximum atomic E-state index is 12.9. The topological polar surface area (TPSA) is 75.2 Å². The molecule has 0 bridgehead atoms. The summed E-state index contributed by atoms with van der Waals surface area (Å²) in [6.07, 6.45) is 3.21. The lowest BCUT2D eigenvalue weighted by Crippen LogP contribution is -2.40. The van der Waals surface area contributed by atoms with Gasteiger partial charge < -0.3 is 10.2 Å². The Hall–Kier alpha value is -2.58. The first-order chi connectivity index (χ1) is 15.1. The molecule has 2 amide bonds. The van der Waals surface area contributed by atoms with E-state index in [0.29, 0.717) is 18.2 Å². The van der Waals surface area contributed by atoms with Crippen LogP contribution in [-0.2, 0) is 16.1 Å². The van der Waals surface area contributed by atoms with Crippen molar-refractivity contribution in [2.24, 2.45) is 5.92 Å². The van der Waals surface area contributed by atoms with Crippen LogP contribution in [0.25, 0.3) is 10.6 Å². The minimum Gasteiger partial charge on any atom is -0.338 e. The second-order valence-electron chi connectivity index (χ2n) is 7.59. The van der Waals surface area contributed by atoms with E-state index < -0.39 is 0 Å². The number of amides is 2. The average Bonchev–Trinajstić information content (AvgIpc) is 3.19. The van der Waals surface area contributed by atoms with E-state index in [1.165, 1.54) is 11.3 Å². The van der Waals surface area contributed by atoms with E-state index in [1.807, 2.05) is 59.5 Å². The molecule has 1 saturated carbocycles. The number of carbonyl (C=O) groups excluding carboxylic acids is 2. The number of halogens is 1. The summed E-state index contributed by atoms with van der Waals surface area (Å²) < 4.78 is 0.959. The van der Waals surface area contributed by atoms with Crippen LogP contribution >= 0.6 is 27.3 Å². The standard InChI is InChI=1S/C23H23BrN4O2S/c24-19-11-5-10-18(14-19)21-26-27-23(31-21)25-20(29)12-13-28(22(30)17-8-4-9-17)15-16-6-2-1-3-7-16/h1-3,5-7,10-11,14,17H,4,8-9,12-13,15H2,(H,25,27,29). The van der Waals surface area contributed by atoms with Gasteiger partial charge in [-0.25, -0.2) is 0 Å². The van der Waals surface area contributed by atoms with Gasteiger partial charge in [-0.05, 0) is 30.5 Å². The molecule has 1 heterocycles. The van der Waals surface area contributed by atoms with E-state index in [0.717, 1.165) is 39.9 Å². The Labute approximate surface area is 193 Å². The third kappa shape index (κ3) is 5.77. The summed E-state index contributed by atoms with van der Waals surface area (Å²) in [6.45, 7) is 0.905. The smallest absolute Gasteiger partial charge is 0.227 e. The fourth-order valence-electron chi connectivity index (χ4n) is 3.41. The molecule has 1 N–H and O–H groups in total. The molecule has 8 heteroatoms. The van der Waals surface area contributed by atoms with Crippen molar-refractivity contribution in [3.05, 3.63) is 64.6 Å². The van der Waals surface area contributed by atoms with Crippen LogP contribution in [0.4, 0.5) is 5.13 Å². The first-order valence-corrected chi connectivity index (χ1v) is 11.9. The summed E-state index contributed by atoms with van der Waals surface area (Å²) in [5, 5.41) is 12.3. The molecule has 6 nitrogen and oxygen atoms in total. The van der Waals surface area contributed by atoms with Crippen LogP contribution in [0, 0.1) is 5.92 Å². The molecular formula is C23H23BrN4O2S. The van der Waals surface area contributed by atoms with E-state index in [4.69, 9.17) is 0 Å². The highest BCUT2D eigenvalue weighted by atomic mass is 79.9. The van der Waals surface area contributed by atoms with Crippen LogP contribution in [0.2, 0.25) is 0 Å². The summed E-state index contributed by atoms with van der Waals surface area (Å²) in [5.74, 6) is 0.0786. The molecule has 31 heavy (non-hydrogen) atoms. The molecule has 0 saturated heterocycles. The molecule has 0 unspecified atom stereocenters. The third-order valence-corrected chi connectivity index (χ3v) is 6.72. The third-order valence-electron chi connectivity index (χ3n) is 5.33. The summed E-state index contributed by atoms with van der Waals surface area (Å²) in [7, 11) is 0. The zero-order valence-corrected chi connectivity index (χ0v) is 19.4. The normalized spacial score (nSPS) is 13.5. The van der Waals surface area contributed by atoms with Crippen LogP contribution in [-0.4, -0.2) is 33.5 Å². The lowest BCUT2D eigenvalue weighted by molar-refractivity contribution is -0.139. The number of hydrogen-bond acceptors (Lipinski definition) is 5. The minimum atomic E-state index is -0.170. The Kier molecular flexibility index (Phi) is 7.09. The molecule has 0 radical (unpaired) electrons.